The van der Waals surface area contributed by atoms with Crippen molar-refractivity contribution in [3.05, 3.63) is 48.0 Å². The van der Waals surface area contributed by atoms with Crippen molar-refractivity contribution in [3.63, 3.8) is 0 Å². The molecule has 0 unspecified atom stereocenters. The largest absolute Gasteiger partial charge is 0.0706 e. The van der Waals surface area contributed by atoms with Gasteiger partial charge < -0.3 is 0 Å². The van der Waals surface area contributed by atoms with Crippen LogP contribution >= 0.6 is 0 Å². The van der Waals surface area contributed by atoms with E-state index in [4.69, 9.17) is 0 Å². The first kappa shape index (κ1) is 9.05. The topological polar surface area (TPSA) is 0 Å². The van der Waals surface area contributed by atoms with E-state index in [2.05, 4.69) is 45.1 Å². The molecule has 1 aromatic carbocycles. The third-order valence-corrected chi connectivity index (χ3v) is 1.45. The lowest BCUT2D eigenvalue weighted by Gasteiger charge is -2.10. The van der Waals surface area contributed by atoms with Crippen LogP contribution in [0.4, 0.5) is 0 Å². The molecule has 0 aliphatic rings. The molecule has 0 aliphatic carbocycles. The van der Waals surface area contributed by atoms with Gasteiger partial charge in [-0.15, -0.1) is 0 Å². The highest BCUT2D eigenvalue weighted by Crippen LogP contribution is 2.15. The lowest BCUT2D eigenvalue weighted by atomic mass is 9.95. The summed E-state index contributed by atoms with van der Waals surface area (Å²) in [6.07, 6.45) is 5.36. The lowest BCUT2D eigenvalue weighted by molar-refractivity contribution is 0.542. The number of hydrogen-bond donors (Lipinski definition) is 0. The summed E-state index contributed by atoms with van der Waals surface area (Å²) in [7, 11) is 0. The summed E-state index contributed by atoms with van der Waals surface area (Å²) in [5, 5.41) is 0. The monoisotopic (exact) mass is 159 g/mol. The number of rotatable bonds is 1. The fourth-order valence-corrected chi connectivity index (χ4v) is 0.834. The Kier molecular flexibility index (Phi) is 2.69. The van der Waals surface area contributed by atoms with E-state index >= 15 is 0 Å². The molecule has 0 atom stereocenters. The van der Waals surface area contributed by atoms with Crippen molar-refractivity contribution < 1.29 is 0 Å². The van der Waals surface area contributed by atoms with E-state index in [0.717, 1.165) is 5.56 Å². The molecule has 0 heteroatoms. The zero-order valence-corrected chi connectivity index (χ0v) is 7.96. The summed E-state index contributed by atoms with van der Waals surface area (Å²) in [4.78, 5) is 0. The second kappa shape index (κ2) is 3.57. The van der Waals surface area contributed by atoms with Gasteiger partial charge in [-0.1, -0.05) is 57.2 Å². The molecule has 0 saturated heterocycles. The fourth-order valence-electron chi connectivity index (χ4n) is 0.834. The number of hydrogen-bond acceptors (Lipinski definition) is 0. The minimum Gasteiger partial charge on any atom is -0.0706 e. The van der Waals surface area contributed by atoms with Crippen molar-refractivity contribution in [3.8, 4) is 0 Å². The second-order valence-electron chi connectivity index (χ2n) is 4.02. The summed E-state index contributed by atoms with van der Waals surface area (Å²) in [5.74, 6) is 0. The first-order valence-corrected chi connectivity index (χ1v) is 4.24. The van der Waals surface area contributed by atoms with Crippen LogP contribution in [-0.4, -0.2) is 0 Å². The Balaban J connectivity index is 2.71. The highest BCUT2D eigenvalue weighted by atomic mass is 14.1. The van der Waals surface area contributed by atoms with Gasteiger partial charge in [-0.25, -0.2) is 0 Å². The molecule has 1 aromatic rings. The molecule has 0 N–H and O–H groups in total. The first-order valence-electron chi connectivity index (χ1n) is 4.24. The van der Waals surface area contributed by atoms with Gasteiger partial charge in [0, 0.05) is 0 Å². The Labute approximate surface area is 74.9 Å². The molecule has 1 radical (unpaired) electrons. The van der Waals surface area contributed by atoms with E-state index in [1.54, 1.807) is 0 Å². The van der Waals surface area contributed by atoms with Crippen molar-refractivity contribution in [2.24, 2.45) is 5.41 Å². The molecule has 0 amide bonds. The smallest absolute Gasteiger partial charge is 0.0143 e. The molecule has 0 saturated carbocycles. The molecule has 63 valence electrons. The predicted molar refractivity (Wildman–Crippen MR) is 52.8 cm³/mol. The Morgan fingerprint density at radius 3 is 2.17 bits per heavy atom. The molecule has 0 bridgehead atoms. The average Bonchev–Trinajstić information content (AvgIpc) is 2.02. The van der Waals surface area contributed by atoms with E-state index in [9.17, 15) is 0 Å². The standard InChI is InChI=1S/C12H15/c1-12(2,3)10-9-11-7-5-4-6-8-11/h4-8,10H,1-3H3. The van der Waals surface area contributed by atoms with E-state index in [1.807, 2.05) is 18.2 Å². The average molecular weight is 159 g/mol. The van der Waals surface area contributed by atoms with Gasteiger partial charge in [-0.05, 0) is 17.1 Å². The summed E-state index contributed by atoms with van der Waals surface area (Å²) >= 11 is 0. The summed E-state index contributed by atoms with van der Waals surface area (Å²) in [5.41, 5.74) is 1.36. The second-order valence-corrected chi connectivity index (χ2v) is 4.02. The summed E-state index contributed by atoms with van der Waals surface area (Å²) in [6, 6.07) is 10.2. The zero-order chi connectivity index (χ0) is 9.03. The maximum absolute atomic E-state index is 3.26. The maximum Gasteiger partial charge on any atom is -0.0143 e. The highest BCUT2D eigenvalue weighted by molar-refractivity contribution is 5.22. The van der Waals surface area contributed by atoms with E-state index in [1.165, 1.54) is 0 Å². The van der Waals surface area contributed by atoms with Crippen LogP contribution in [0.3, 0.4) is 0 Å². The normalized spacial score (nSPS) is 12.2. The minimum atomic E-state index is 0.218. The lowest BCUT2D eigenvalue weighted by Crippen LogP contribution is -1.98. The van der Waals surface area contributed by atoms with Crippen molar-refractivity contribution in [1.82, 2.24) is 0 Å². The van der Waals surface area contributed by atoms with Gasteiger partial charge in [-0.3, -0.25) is 0 Å². The molecule has 0 fully saturated rings. The quantitative estimate of drug-likeness (QED) is 0.589. The maximum atomic E-state index is 3.26. The van der Waals surface area contributed by atoms with Crippen molar-refractivity contribution >= 4 is 0 Å². The Hall–Kier alpha value is -1.04. The number of benzene rings is 1. The van der Waals surface area contributed by atoms with Gasteiger partial charge in [0.2, 0.25) is 0 Å². The van der Waals surface area contributed by atoms with E-state index in [-0.39, 0.29) is 5.41 Å². The minimum absolute atomic E-state index is 0.218. The van der Waals surface area contributed by atoms with Crippen LogP contribution < -0.4 is 0 Å². The van der Waals surface area contributed by atoms with Gasteiger partial charge in [0.05, 0.1) is 0 Å². The van der Waals surface area contributed by atoms with Crippen LogP contribution in [-0.2, 0) is 0 Å². The fraction of sp³-hybridized carbons (Fsp3) is 0.333. The van der Waals surface area contributed by atoms with Crippen molar-refractivity contribution in [2.75, 3.05) is 0 Å². The van der Waals surface area contributed by atoms with Crippen molar-refractivity contribution in [1.29, 1.82) is 0 Å². The summed E-state index contributed by atoms with van der Waals surface area (Å²) < 4.78 is 0. The van der Waals surface area contributed by atoms with Crippen molar-refractivity contribution in [2.45, 2.75) is 20.8 Å². The predicted octanol–water partition coefficient (Wildman–Crippen LogP) is 3.44. The van der Waals surface area contributed by atoms with E-state index < -0.39 is 0 Å². The first-order chi connectivity index (χ1) is 5.58. The molecular weight excluding hydrogens is 144 g/mol. The van der Waals surface area contributed by atoms with Crippen LogP contribution in [0.1, 0.15) is 26.3 Å². The molecule has 0 aliphatic heterocycles. The van der Waals surface area contributed by atoms with Gasteiger partial charge >= 0.3 is 0 Å². The zero-order valence-electron chi connectivity index (χ0n) is 7.96. The Morgan fingerprint density at radius 2 is 1.67 bits per heavy atom. The van der Waals surface area contributed by atoms with Gasteiger partial charge in [0.15, 0.2) is 0 Å². The molecule has 0 heterocycles. The van der Waals surface area contributed by atoms with Gasteiger partial charge in [-0.2, -0.15) is 0 Å². The van der Waals surface area contributed by atoms with Crippen LogP contribution in [0, 0.1) is 11.5 Å². The van der Waals surface area contributed by atoms with Gasteiger partial charge in [0.1, 0.15) is 0 Å². The van der Waals surface area contributed by atoms with Gasteiger partial charge in [0.25, 0.3) is 0 Å². The SMILES string of the molecule is CC(C)(C)C=[C]c1ccccc1. The molecule has 0 nitrogen and oxygen atoms in total. The Bertz CT molecular complexity index is 249. The molecule has 12 heavy (non-hydrogen) atoms. The van der Waals surface area contributed by atoms with Crippen LogP contribution in [0.25, 0.3) is 0 Å². The van der Waals surface area contributed by atoms with Crippen LogP contribution in [0.15, 0.2) is 36.4 Å². The van der Waals surface area contributed by atoms with E-state index in [0.29, 0.717) is 0 Å². The third-order valence-electron chi connectivity index (χ3n) is 1.45. The molecular formula is C12H15. The molecule has 0 spiro atoms. The molecule has 0 aromatic heterocycles. The summed E-state index contributed by atoms with van der Waals surface area (Å²) in [6.45, 7) is 6.51. The van der Waals surface area contributed by atoms with Crippen LogP contribution in [0.5, 0.6) is 0 Å². The number of allylic oxidation sites excluding steroid dienone is 1. The highest BCUT2D eigenvalue weighted by Gasteiger charge is 2.03. The third kappa shape index (κ3) is 3.38. The molecule has 1 rings (SSSR count). The Morgan fingerprint density at radius 1 is 1.08 bits per heavy atom. The van der Waals surface area contributed by atoms with Crippen LogP contribution in [0.2, 0.25) is 0 Å².